The van der Waals surface area contributed by atoms with E-state index in [1.807, 2.05) is 6.92 Å². The van der Waals surface area contributed by atoms with Gasteiger partial charge in [-0.1, -0.05) is 6.92 Å². The van der Waals surface area contributed by atoms with Crippen LogP contribution in [0.15, 0.2) is 0 Å². The normalized spacial score (nSPS) is 15.7. The van der Waals surface area contributed by atoms with Gasteiger partial charge >= 0.3 is 0 Å². The van der Waals surface area contributed by atoms with Crippen LogP contribution in [0.25, 0.3) is 0 Å². The highest BCUT2D eigenvalue weighted by molar-refractivity contribution is 7.17. The van der Waals surface area contributed by atoms with Crippen LogP contribution in [0.1, 0.15) is 34.1 Å². The number of ether oxygens (including phenoxy) is 1. The van der Waals surface area contributed by atoms with E-state index >= 15 is 0 Å². The van der Waals surface area contributed by atoms with Crippen molar-refractivity contribution in [1.29, 1.82) is 0 Å². The highest BCUT2D eigenvalue weighted by Crippen LogP contribution is 2.18. The average Bonchev–Trinajstić information content (AvgIpc) is 1.63. The molecule has 0 aromatic heterocycles. The van der Waals surface area contributed by atoms with E-state index in [0.29, 0.717) is 0 Å². The second-order valence-corrected chi connectivity index (χ2v) is 3.88. The van der Waals surface area contributed by atoms with Crippen LogP contribution in [0.3, 0.4) is 0 Å². The van der Waals surface area contributed by atoms with Crippen LogP contribution in [0.2, 0.25) is 0 Å². The number of hydrogen-bond acceptors (Lipinski definition) is 1. The largest absolute Gasteiger partial charge is 0.369 e. The van der Waals surface area contributed by atoms with Gasteiger partial charge in [-0.05, 0) is 27.2 Å². The van der Waals surface area contributed by atoms with Gasteiger partial charge in [-0.3, -0.25) is 0 Å². The minimum absolute atomic E-state index is 0.0428. The van der Waals surface area contributed by atoms with Crippen molar-refractivity contribution in [3.8, 4) is 0 Å². The van der Waals surface area contributed by atoms with Gasteiger partial charge in [-0.25, -0.2) is 0 Å². The van der Waals surface area contributed by atoms with Gasteiger partial charge in [0.15, 0.2) is 0 Å². The van der Waals surface area contributed by atoms with Crippen molar-refractivity contribution in [3.05, 3.63) is 0 Å². The maximum absolute atomic E-state index is 5.55. The molecule has 0 aliphatic heterocycles. The summed E-state index contributed by atoms with van der Waals surface area (Å²) in [6.07, 6.45) is 1.06. The number of rotatable bonds is 3. The van der Waals surface area contributed by atoms with Crippen molar-refractivity contribution < 1.29 is 4.74 Å². The zero-order valence-corrected chi connectivity index (χ0v) is 7.92. The Bertz CT molecular complexity index is 79.0. The van der Waals surface area contributed by atoms with Gasteiger partial charge in [0.2, 0.25) is 0 Å². The molecule has 0 aliphatic rings. The van der Waals surface area contributed by atoms with E-state index in [9.17, 15) is 0 Å². The molecular formula is C7H17OP. The van der Waals surface area contributed by atoms with E-state index in [1.54, 1.807) is 0 Å². The molecule has 2 atom stereocenters. The fourth-order valence-electron chi connectivity index (χ4n) is 0.587. The highest BCUT2D eigenvalue weighted by atomic mass is 31.0. The lowest BCUT2D eigenvalue weighted by atomic mass is 10.1. The Morgan fingerprint density at radius 3 is 2.11 bits per heavy atom. The van der Waals surface area contributed by atoms with Crippen molar-refractivity contribution >= 4 is 9.24 Å². The molecule has 0 saturated carbocycles. The fraction of sp³-hybridized carbons (Fsp3) is 1.00. The summed E-state index contributed by atoms with van der Waals surface area (Å²) in [6.45, 7) is 8.37. The molecule has 2 heteroatoms. The van der Waals surface area contributed by atoms with Crippen molar-refractivity contribution in [2.75, 3.05) is 0 Å². The Balaban J connectivity index is 3.58. The third-order valence-corrected chi connectivity index (χ3v) is 1.49. The maximum atomic E-state index is 5.55. The molecule has 1 nitrogen and oxygen atoms in total. The lowest BCUT2D eigenvalue weighted by Gasteiger charge is -2.25. The summed E-state index contributed by atoms with van der Waals surface area (Å²) < 4.78 is 5.55. The van der Waals surface area contributed by atoms with Gasteiger partial charge in [-0.2, -0.15) is 0 Å². The van der Waals surface area contributed by atoms with Gasteiger partial charge in [0.25, 0.3) is 0 Å². The summed E-state index contributed by atoms with van der Waals surface area (Å²) in [5, 5.41) is 0. The molecular weight excluding hydrogens is 131 g/mol. The summed E-state index contributed by atoms with van der Waals surface area (Å²) in [5.41, 5.74) is 0.0428. The maximum Gasteiger partial charge on any atom is 0.0687 e. The van der Waals surface area contributed by atoms with Crippen molar-refractivity contribution in [2.24, 2.45) is 0 Å². The summed E-state index contributed by atoms with van der Waals surface area (Å²) in [4.78, 5) is 0. The molecule has 0 aromatic rings. The summed E-state index contributed by atoms with van der Waals surface area (Å²) in [7, 11) is 2.63. The molecule has 56 valence electrons. The van der Waals surface area contributed by atoms with E-state index in [1.165, 1.54) is 0 Å². The monoisotopic (exact) mass is 148 g/mol. The first-order valence-electron chi connectivity index (χ1n) is 3.41. The Hall–Kier alpha value is 0.390. The molecule has 0 amide bonds. The first-order valence-corrected chi connectivity index (χ1v) is 4.08. The molecule has 0 aromatic carbocycles. The molecule has 0 fully saturated rings. The predicted molar refractivity (Wildman–Crippen MR) is 44.6 cm³/mol. The Labute approximate surface area is 60.4 Å². The SMILES string of the molecule is CCC(C)(C)OC(C)P. The minimum atomic E-state index is 0.0428. The van der Waals surface area contributed by atoms with Gasteiger partial charge in [0, 0.05) is 0 Å². The van der Waals surface area contributed by atoms with Crippen molar-refractivity contribution in [2.45, 2.75) is 45.6 Å². The lowest BCUT2D eigenvalue weighted by Crippen LogP contribution is -2.25. The van der Waals surface area contributed by atoms with Crippen LogP contribution < -0.4 is 0 Å². The van der Waals surface area contributed by atoms with Gasteiger partial charge in [0.05, 0.1) is 11.4 Å². The van der Waals surface area contributed by atoms with E-state index in [0.717, 1.165) is 6.42 Å². The molecule has 2 unspecified atom stereocenters. The van der Waals surface area contributed by atoms with E-state index in [2.05, 4.69) is 30.0 Å². The highest BCUT2D eigenvalue weighted by Gasteiger charge is 2.16. The zero-order valence-electron chi connectivity index (χ0n) is 6.77. The third-order valence-electron chi connectivity index (χ3n) is 1.36. The smallest absolute Gasteiger partial charge is 0.0687 e. The van der Waals surface area contributed by atoms with E-state index in [4.69, 9.17) is 4.74 Å². The number of hydrogen-bond donors (Lipinski definition) is 0. The first-order chi connectivity index (χ1) is 3.98. The lowest BCUT2D eigenvalue weighted by molar-refractivity contribution is -0.0287. The van der Waals surface area contributed by atoms with E-state index < -0.39 is 0 Å². The standard InChI is InChI=1S/C7H17OP/c1-5-7(3,4)8-6(2)9/h6H,5,9H2,1-4H3. The molecule has 0 aliphatic carbocycles. The minimum Gasteiger partial charge on any atom is -0.369 e. The first kappa shape index (κ1) is 9.39. The van der Waals surface area contributed by atoms with Crippen LogP contribution in [0.4, 0.5) is 0 Å². The van der Waals surface area contributed by atoms with Crippen LogP contribution in [0, 0.1) is 0 Å². The van der Waals surface area contributed by atoms with Crippen LogP contribution in [0.5, 0.6) is 0 Å². The van der Waals surface area contributed by atoms with Gasteiger partial charge in [-0.15, -0.1) is 9.24 Å². The Kier molecular flexibility index (Phi) is 3.68. The predicted octanol–water partition coefficient (Wildman–Crippen LogP) is 2.41. The van der Waals surface area contributed by atoms with Crippen molar-refractivity contribution in [3.63, 3.8) is 0 Å². The van der Waals surface area contributed by atoms with E-state index in [-0.39, 0.29) is 11.4 Å². The zero-order chi connectivity index (χ0) is 7.49. The Morgan fingerprint density at radius 1 is 1.56 bits per heavy atom. The van der Waals surface area contributed by atoms with Crippen LogP contribution in [-0.4, -0.2) is 11.4 Å². The molecule has 0 rings (SSSR count). The van der Waals surface area contributed by atoms with Crippen molar-refractivity contribution in [1.82, 2.24) is 0 Å². The molecule has 0 heterocycles. The topological polar surface area (TPSA) is 9.23 Å². The summed E-state index contributed by atoms with van der Waals surface area (Å²) >= 11 is 0. The van der Waals surface area contributed by atoms with Gasteiger partial charge in [0.1, 0.15) is 0 Å². The molecule has 0 spiro atoms. The molecule has 0 radical (unpaired) electrons. The molecule has 0 saturated heterocycles. The average molecular weight is 148 g/mol. The summed E-state index contributed by atoms with van der Waals surface area (Å²) in [6, 6.07) is 0. The molecule has 0 bridgehead atoms. The van der Waals surface area contributed by atoms with Crippen LogP contribution in [-0.2, 0) is 4.74 Å². The quantitative estimate of drug-likeness (QED) is 0.558. The second-order valence-electron chi connectivity index (χ2n) is 2.94. The third kappa shape index (κ3) is 4.87. The Morgan fingerprint density at radius 2 is 2.00 bits per heavy atom. The van der Waals surface area contributed by atoms with Gasteiger partial charge < -0.3 is 4.74 Å². The molecule has 9 heavy (non-hydrogen) atoms. The second kappa shape index (κ2) is 3.53. The molecule has 0 N–H and O–H groups in total. The summed E-state index contributed by atoms with van der Waals surface area (Å²) in [5.74, 6) is 0.264. The fourth-order valence-corrected chi connectivity index (χ4v) is 0.955. The van der Waals surface area contributed by atoms with Crippen LogP contribution >= 0.6 is 9.24 Å².